The van der Waals surface area contributed by atoms with Crippen LogP contribution in [0.3, 0.4) is 0 Å². The minimum absolute atomic E-state index is 0.180. The van der Waals surface area contributed by atoms with Crippen molar-refractivity contribution < 1.29 is 9.59 Å². The van der Waals surface area contributed by atoms with Crippen LogP contribution in [0.15, 0.2) is 72.8 Å². The molecular weight excluding hydrogens is 482 g/mol. The molecule has 7 nitrogen and oxygen atoms in total. The highest BCUT2D eigenvalue weighted by molar-refractivity contribution is 7.99. The largest absolute Gasteiger partial charge is 0.355 e. The molecule has 0 aliphatic carbocycles. The number of hydrogen-bond acceptors (Lipinski definition) is 6. The van der Waals surface area contributed by atoms with Crippen molar-refractivity contribution in [3.05, 3.63) is 89.5 Å². The van der Waals surface area contributed by atoms with E-state index in [1.165, 1.54) is 0 Å². The van der Waals surface area contributed by atoms with Crippen LogP contribution in [0.2, 0.25) is 0 Å². The number of anilines is 3. The highest BCUT2D eigenvalue weighted by atomic mass is 32.2. The van der Waals surface area contributed by atoms with E-state index >= 15 is 0 Å². The molecule has 0 unspecified atom stereocenters. The van der Waals surface area contributed by atoms with Crippen LogP contribution in [0, 0.1) is 0 Å². The lowest BCUT2D eigenvalue weighted by atomic mass is 9.97. The van der Waals surface area contributed by atoms with Gasteiger partial charge in [0.1, 0.15) is 0 Å². The molecular formula is C29H35N5O2S. The number of carbonyl (C=O) groups excluding carboxylic acids is 2. The third-order valence-corrected chi connectivity index (χ3v) is 6.72. The molecule has 37 heavy (non-hydrogen) atoms. The summed E-state index contributed by atoms with van der Waals surface area (Å²) in [4.78, 5) is 23.8. The summed E-state index contributed by atoms with van der Waals surface area (Å²) >= 11 is 1.69. The highest BCUT2D eigenvalue weighted by Crippen LogP contribution is 2.33. The predicted molar refractivity (Wildman–Crippen MR) is 158 cm³/mol. The van der Waals surface area contributed by atoms with Crippen LogP contribution in [-0.4, -0.2) is 45.3 Å². The number of nitrogens with one attached hydrogen (secondary N) is 4. The summed E-state index contributed by atoms with van der Waals surface area (Å²) in [5, 5.41) is 12.4. The van der Waals surface area contributed by atoms with Crippen LogP contribution in [0.4, 0.5) is 17.1 Å². The van der Waals surface area contributed by atoms with Gasteiger partial charge in [-0.2, -0.15) is 0 Å². The zero-order chi connectivity index (χ0) is 26.6. The second-order valence-corrected chi connectivity index (χ2v) is 9.11. The van der Waals surface area contributed by atoms with Gasteiger partial charge in [-0.05, 0) is 68.4 Å². The summed E-state index contributed by atoms with van der Waals surface area (Å²) in [6, 6.07) is 23.8. The first-order valence-electron chi connectivity index (χ1n) is 12.2. The van der Waals surface area contributed by atoms with E-state index in [2.05, 4.69) is 56.1 Å². The fourth-order valence-corrected chi connectivity index (χ4v) is 4.58. The minimum atomic E-state index is -0.180. The summed E-state index contributed by atoms with van der Waals surface area (Å²) in [6.45, 7) is 6.21. The fourth-order valence-electron chi connectivity index (χ4n) is 3.97. The highest BCUT2D eigenvalue weighted by Gasteiger charge is 2.15. The first-order valence-corrected chi connectivity index (χ1v) is 13.4. The van der Waals surface area contributed by atoms with Gasteiger partial charge >= 0.3 is 0 Å². The van der Waals surface area contributed by atoms with E-state index in [1.807, 2.05) is 57.3 Å². The molecule has 4 N–H and O–H groups in total. The lowest BCUT2D eigenvalue weighted by Crippen LogP contribution is -2.24. The first kappa shape index (κ1) is 27.8. The third kappa shape index (κ3) is 7.38. The number of allylic oxidation sites excluding steroid dienone is 1. The maximum absolute atomic E-state index is 12.4. The second kappa shape index (κ2) is 14.1. The van der Waals surface area contributed by atoms with Crippen molar-refractivity contribution >= 4 is 52.6 Å². The molecule has 0 fully saturated rings. The lowest BCUT2D eigenvalue weighted by molar-refractivity contribution is -0.105. The SMILES string of the molecule is CCNC(=O)c1ccc(/C(C)=C(/Nc2ccc(N(CCNC)SC)cc2)c2ccccc2)c(NC=O)c1. The predicted octanol–water partition coefficient (Wildman–Crippen LogP) is 5.31. The van der Waals surface area contributed by atoms with Crippen molar-refractivity contribution in [3.8, 4) is 0 Å². The molecule has 2 amide bonds. The number of likely N-dealkylation sites (N-methyl/N-ethyl adjacent to an activating group) is 1. The molecule has 0 heterocycles. The third-order valence-electron chi connectivity index (χ3n) is 5.88. The zero-order valence-corrected chi connectivity index (χ0v) is 22.6. The molecule has 194 valence electrons. The van der Waals surface area contributed by atoms with Gasteiger partial charge < -0.3 is 25.6 Å². The summed E-state index contributed by atoms with van der Waals surface area (Å²) in [6.07, 6.45) is 2.71. The molecule has 3 rings (SSSR count). The molecule has 0 aromatic heterocycles. The Bertz CT molecular complexity index is 1210. The Kier molecular flexibility index (Phi) is 10.6. The van der Waals surface area contributed by atoms with Gasteiger partial charge in [0.05, 0.1) is 0 Å². The van der Waals surface area contributed by atoms with Gasteiger partial charge in [0.2, 0.25) is 6.41 Å². The molecule has 0 aliphatic heterocycles. The van der Waals surface area contributed by atoms with E-state index in [4.69, 9.17) is 0 Å². The molecule has 3 aromatic carbocycles. The maximum atomic E-state index is 12.4. The molecule has 0 bridgehead atoms. The van der Waals surface area contributed by atoms with Crippen LogP contribution in [0.1, 0.15) is 35.3 Å². The Morgan fingerprint density at radius 1 is 1.00 bits per heavy atom. The summed E-state index contributed by atoms with van der Waals surface area (Å²) in [5.41, 5.74) is 6.81. The average Bonchev–Trinajstić information content (AvgIpc) is 2.93. The Hall–Kier alpha value is -3.75. The van der Waals surface area contributed by atoms with Gasteiger partial charge in [-0.1, -0.05) is 48.3 Å². The van der Waals surface area contributed by atoms with Crippen molar-refractivity contribution in [2.24, 2.45) is 0 Å². The van der Waals surface area contributed by atoms with Gasteiger partial charge in [0.25, 0.3) is 5.91 Å². The Morgan fingerprint density at radius 3 is 2.35 bits per heavy atom. The number of benzene rings is 3. The number of amides is 2. The Balaban J connectivity index is 2.02. The maximum Gasteiger partial charge on any atom is 0.251 e. The Labute approximate surface area is 223 Å². The molecule has 0 spiro atoms. The van der Waals surface area contributed by atoms with Gasteiger partial charge in [-0.3, -0.25) is 9.59 Å². The number of rotatable bonds is 13. The number of hydrogen-bond donors (Lipinski definition) is 4. The van der Waals surface area contributed by atoms with E-state index in [9.17, 15) is 9.59 Å². The molecule has 0 aliphatic rings. The monoisotopic (exact) mass is 517 g/mol. The van der Waals surface area contributed by atoms with Gasteiger partial charge in [-0.15, -0.1) is 0 Å². The van der Waals surface area contributed by atoms with Crippen molar-refractivity contribution in [1.29, 1.82) is 0 Å². The van der Waals surface area contributed by atoms with Gasteiger partial charge in [0.15, 0.2) is 0 Å². The lowest BCUT2D eigenvalue weighted by Gasteiger charge is -2.22. The van der Waals surface area contributed by atoms with Crippen LogP contribution in [-0.2, 0) is 4.79 Å². The minimum Gasteiger partial charge on any atom is -0.355 e. The van der Waals surface area contributed by atoms with Crippen molar-refractivity contribution in [2.75, 3.05) is 47.9 Å². The summed E-state index contributed by atoms with van der Waals surface area (Å²) < 4.78 is 2.24. The summed E-state index contributed by atoms with van der Waals surface area (Å²) in [5.74, 6) is -0.180. The van der Waals surface area contributed by atoms with Crippen molar-refractivity contribution in [2.45, 2.75) is 13.8 Å². The number of nitrogens with zero attached hydrogens (tertiary/aromatic N) is 1. The van der Waals surface area contributed by atoms with Crippen molar-refractivity contribution in [1.82, 2.24) is 10.6 Å². The normalized spacial score (nSPS) is 11.4. The van der Waals surface area contributed by atoms with Crippen LogP contribution >= 0.6 is 11.9 Å². The zero-order valence-electron chi connectivity index (χ0n) is 21.8. The smallest absolute Gasteiger partial charge is 0.251 e. The second-order valence-electron chi connectivity index (χ2n) is 8.31. The molecule has 0 saturated heterocycles. The van der Waals surface area contributed by atoms with Crippen LogP contribution in [0.25, 0.3) is 11.3 Å². The van der Waals surface area contributed by atoms with Gasteiger partial charge in [-0.25, -0.2) is 0 Å². The van der Waals surface area contributed by atoms with Crippen LogP contribution < -0.4 is 25.6 Å². The van der Waals surface area contributed by atoms with E-state index in [1.54, 1.807) is 24.1 Å². The average molecular weight is 518 g/mol. The Morgan fingerprint density at radius 2 is 1.73 bits per heavy atom. The van der Waals surface area contributed by atoms with E-state index in [-0.39, 0.29) is 5.91 Å². The van der Waals surface area contributed by atoms with Gasteiger partial charge in [0, 0.05) is 59.8 Å². The molecule has 0 saturated carbocycles. The summed E-state index contributed by atoms with van der Waals surface area (Å²) in [7, 11) is 1.95. The first-order chi connectivity index (χ1) is 18.0. The van der Waals surface area contributed by atoms with E-state index in [0.717, 1.165) is 46.9 Å². The van der Waals surface area contributed by atoms with Crippen molar-refractivity contribution in [3.63, 3.8) is 0 Å². The van der Waals surface area contributed by atoms with E-state index < -0.39 is 0 Å². The fraction of sp³-hybridized carbons (Fsp3) is 0.241. The standard InChI is InChI=1S/C29H35N5O2S/c1-5-31-29(36)23-11-16-26(27(19-23)32-20-35)21(2)28(22-9-7-6-8-10-22)33-24-12-14-25(15-13-24)34(37-4)18-17-30-3/h6-16,19-20,30,33H,5,17-18H2,1-4H3,(H,31,36)(H,32,35)/b28-21+. The topological polar surface area (TPSA) is 85.5 Å². The molecule has 3 aromatic rings. The van der Waals surface area contributed by atoms with E-state index in [0.29, 0.717) is 24.2 Å². The van der Waals surface area contributed by atoms with Crippen LogP contribution in [0.5, 0.6) is 0 Å². The number of carbonyl (C=O) groups is 2. The molecule has 8 heteroatoms. The molecule has 0 radical (unpaired) electrons. The quantitative estimate of drug-likeness (QED) is 0.140. The molecule has 0 atom stereocenters.